The highest BCUT2D eigenvalue weighted by Crippen LogP contribution is 2.41. The molecule has 10 nitrogen and oxygen atoms in total. The molecule has 328 valence electrons. The van der Waals surface area contributed by atoms with E-state index in [1.807, 2.05) is 67.3 Å². The molecule has 3 rings (SSSR count). The number of ketones is 1. The molecule has 7 unspecified atom stereocenters. The Kier molecular flexibility index (Phi) is 22.1. The van der Waals surface area contributed by atoms with Gasteiger partial charge in [0, 0.05) is 44.5 Å². The van der Waals surface area contributed by atoms with Crippen molar-refractivity contribution in [1.82, 2.24) is 9.80 Å². The highest BCUT2D eigenvalue weighted by Gasteiger charge is 2.48. The summed E-state index contributed by atoms with van der Waals surface area (Å²) in [6, 6.07) is 0.287. The molecule has 1 aliphatic carbocycles. The summed E-state index contributed by atoms with van der Waals surface area (Å²) in [7, 11) is 5.73. The van der Waals surface area contributed by atoms with Gasteiger partial charge in [0.1, 0.15) is 11.9 Å². The van der Waals surface area contributed by atoms with Gasteiger partial charge in [0.2, 0.25) is 0 Å². The minimum atomic E-state index is -1.44. The number of Topliss-reactive ketones (excluding diaryl/α,β-unsaturated/α-hetero) is 1. The van der Waals surface area contributed by atoms with Crippen LogP contribution in [0.25, 0.3) is 0 Å². The van der Waals surface area contributed by atoms with Crippen LogP contribution in [-0.4, -0.2) is 135 Å². The van der Waals surface area contributed by atoms with Crippen LogP contribution in [0.15, 0.2) is 0 Å². The second kappa shape index (κ2) is 23.2. The highest BCUT2D eigenvalue weighted by molar-refractivity contribution is 5.81. The summed E-state index contributed by atoms with van der Waals surface area (Å²) < 4.78 is 12.0. The van der Waals surface area contributed by atoms with Crippen LogP contribution in [-0.2, 0) is 14.3 Å². The van der Waals surface area contributed by atoms with Crippen molar-refractivity contribution < 1.29 is 39.8 Å². The third-order valence-corrected chi connectivity index (χ3v) is 13.8. The number of ether oxygens (including phenoxy) is 2. The molecule has 3 aliphatic rings. The lowest BCUT2D eigenvalue weighted by molar-refractivity contribution is -0.218. The maximum absolute atomic E-state index is 13.9. The largest absolute Gasteiger partial charge is 0.393 e. The van der Waals surface area contributed by atoms with Crippen LogP contribution < -0.4 is 0 Å². The summed E-state index contributed by atoms with van der Waals surface area (Å²) in [5, 5.41) is 54.8. The van der Waals surface area contributed by atoms with E-state index in [0.29, 0.717) is 50.6 Å². The van der Waals surface area contributed by atoms with E-state index in [2.05, 4.69) is 39.6 Å². The van der Waals surface area contributed by atoms with Gasteiger partial charge in [0.25, 0.3) is 0 Å². The Morgan fingerprint density at radius 2 is 1.49 bits per heavy atom. The van der Waals surface area contributed by atoms with Gasteiger partial charge in [-0.05, 0) is 130 Å². The van der Waals surface area contributed by atoms with Crippen LogP contribution in [0.2, 0.25) is 0 Å². The maximum Gasteiger partial charge on any atom is 0.136 e. The summed E-state index contributed by atoms with van der Waals surface area (Å²) in [6.07, 6.45) is 4.95. The summed E-state index contributed by atoms with van der Waals surface area (Å²) in [4.78, 5) is 18.4. The lowest BCUT2D eigenvalue weighted by Gasteiger charge is -2.46. The maximum atomic E-state index is 13.9. The minimum Gasteiger partial charge on any atom is -0.393 e. The molecular weight excluding hydrogens is 697 g/mol. The quantitative estimate of drug-likeness (QED) is 0.189. The number of carbonyl (C=O) groups is 1. The van der Waals surface area contributed by atoms with Crippen LogP contribution in [0.3, 0.4) is 0 Å². The SMILES string of the molecule is CC.CCCN(C)C1CC(C)CC(O)C1.CC[C@H]1CC(=O)C(C)[C@@H](C[C@H]2C[C@@](C)(OC)[C@@H](O)C(C)O2)[C@H](C)C[C@](C)(O)C[C@@H](C)CN(C)C(C)C(O)[C@]1(C)O. The second-order valence-corrected chi connectivity index (χ2v) is 19.0. The van der Waals surface area contributed by atoms with Crippen LogP contribution >= 0.6 is 0 Å². The molecule has 1 saturated carbocycles. The van der Waals surface area contributed by atoms with Crippen LogP contribution in [0, 0.1) is 35.5 Å². The Morgan fingerprint density at radius 3 is 2.02 bits per heavy atom. The molecule has 0 amide bonds. The van der Waals surface area contributed by atoms with Gasteiger partial charge in [-0.25, -0.2) is 0 Å². The number of hydrogen-bond acceptors (Lipinski definition) is 10. The first kappa shape index (κ1) is 52.3. The Morgan fingerprint density at radius 1 is 0.891 bits per heavy atom. The standard InChI is InChI=1S/C32H61NO7.C11H23NO.C2H6/c1-12-24-13-27(34)21(4)26(14-25-17-31(8,39-11)29(36)23(6)40-25)20(3)16-30(7,37)15-19(2)18-33(10)22(5)28(35)32(24,9)38;1-4-5-12(3)10-6-9(2)7-11(13)8-10;1-2/h19-26,28-29,35-38H,12-18H2,1-11H3;9-11,13H,4-8H2,1-3H3;1-2H3/t19-,20-,21?,22?,23?,24+,25+,26+,28?,29+,30-,31-,32-;;/m1../s1. The van der Waals surface area contributed by atoms with Crippen LogP contribution in [0.4, 0.5) is 0 Å². The van der Waals surface area contributed by atoms with Crippen molar-refractivity contribution in [1.29, 1.82) is 0 Å². The Bertz CT molecular complexity index is 1080. The molecule has 0 aromatic carbocycles. The fourth-order valence-corrected chi connectivity index (χ4v) is 10.3. The van der Waals surface area contributed by atoms with E-state index >= 15 is 0 Å². The van der Waals surface area contributed by atoms with Gasteiger partial charge in [-0.3, -0.25) is 4.79 Å². The molecule has 3 fully saturated rings. The average molecular weight is 787 g/mol. The van der Waals surface area contributed by atoms with E-state index in [-0.39, 0.29) is 54.1 Å². The van der Waals surface area contributed by atoms with Crippen molar-refractivity contribution in [2.75, 3.05) is 34.3 Å². The first-order valence-electron chi connectivity index (χ1n) is 22.0. The zero-order chi connectivity index (χ0) is 42.6. The molecule has 0 radical (unpaired) electrons. The lowest BCUT2D eigenvalue weighted by atomic mass is 9.69. The Hall–Kier alpha value is -0.690. The molecule has 0 spiro atoms. The molecule has 2 saturated heterocycles. The van der Waals surface area contributed by atoms with Gasteiger partial charge >= 0.3 is 0 Å². The first-order valence-corrected chi connectivity index (χ1v) is 22.0. The van der Waals surface area contributed by atoms with Crippen LogP contribution in [0.5, 0.6) is 0 Å². The molecule has 16 atom stereocenters. The molecule has 10 heteroatoms. The molecule has 0 bridgehead atoms. The van der Waals surface area contributed by atoms with Gasteiger partial charge in [-0.2, -0.15) is 0 Å². The lowest BCUT2D eigenvalue weighted by Crippen LogP contribution is -2.56. The van der Waals surface area contributed by atoms with E-state index < -0.39 is 41.0 Å². The third-order valence-electron chi connectivity index (χ3n) is 13.8. The molecular formula is C45H90N2O8. The van der Waals surface area contributed by atoms with Crippen molar-refractivity contribution >= 4 is 5.78 Å². The van der Waals surface area contributed by atoms with Gasteiger partial charge in [-0.1, -0.05) is 61.8 Å². The van der Waals surface area contributed by atoms with Gasteiger partial charge in [-0.15, -0.1) is 0 Å². The first-order chi connectivity index (χ1) is 25.4. The summed E-state index contributed by atoms with van der Waals surface area (Å²) in [6.45, 7) is 27.6. The van der Waals surface area contributed by atoms with Gasteiger partial charge in [0.15, 0.2) is 0 Å². The molecule has 2 heterocycles. The van der Waals surface area contributed by atoms with Crippen molar-refractivity contribution in [3.8, 4) is 0 Å². The van der Waals surface area contributed by atoms with E-state index in [1.54, 1.807) is 14.0 Å². The predicted molar refractivity (Wildman–Crippen MR) is 225 cm³/mol. The number of nitrogens with zero attached hydrogens (tertiary/aromatic N) is 2. The Balaban J connectivity index is 0.000000842. The van der Waals surface area contributed by atoms with Gasteiger partial charge in [0.05, 0.1) is 41.2 Å². The summed E-state index contributed by atoms with van der Waals surface area (Å²) in [5.41, 5.74) is -3.12. The molecule has 0 aromatic rings. The topological polar surface area (TPSA) is 143 Å². The Labute approximate surface area is 338 Å². The fraction of sp³-hybridized carbons (Fsp3) is 0.978. The van der Waals surface area contributed by atoms with E-state index in [4.69, 9.17) is 9.47 Å². The number of aliphatic hydroxyl groups excluding tert-OH is 3. The van der Waals surface area contributed by atoms with Crippen molar-refractivity contribution in [3.63, 3.8) is 0 Å². The molecule has 55 heavy (non-hydrogen) atoms. The minimum absolute atomic E-state index is 0.0219. The fourth-order valence-electron chi connectivity index (χ4n) is 10.3. The number of hydrogen-bond donors (Lipinski definition) is 5. The zero-order valence-electron chi connectivity index (χ0n) is 38.3. The summed E-state index contributed by atoms with van der Waals surface area (Å²) >= 11 is 0. The number of methoxy groups -OCH3 is 1. The van der Waals surface area contributed by atoms with Crippen molar-refractivity contribution in [2.45, 2.75) is 214 Å². The van der Waals surface area contributed by atoms with Crippen LogP contribution in [0.1, 0.15) is 154 Å². The summed E-state index contributed by atoms with van der Waals surface area (Å²) in [5.74, 6) is 0.104. The highest BCUT2D eigenvalue weighted by atomic mass is 16.5. The van der Waals surface area contributed by atoms with Gasteiger partial charge < -0.3 is 44.8 Å². The van der Waals surface area contributed by atoms with Crippen molar-refractivity contribution in [3.05, 3.63) is 0 Å². The number of carbonyl (C=O) groups excluding carboxylic acids is 1. The molecule has 2 aliphatic heterocycles. The van der Waals surface area contributed by atoms with Crippen molar-refractivity contribution in [2.24, 2.45) is 35.5 Å². The van der Waals surface area contributed by atoms with E-state index in [0.717, 1.165) is 19.4 Å². The zero-order valence-corrected chi connectivity index (χ0v) is 38.3. The van der Waals surface area contributed by atoms with E-state index in [9.17, 15) is 30.3 Å². The van der Waals surface area contributed by atoms with E-state index in [1.165, 1.54) is 12.8 Å². The number of aliphatic hydroxyl groups is 5. The normalized spacial score (nSPS) is 44.3. The third kappa shape index (κ3) is 15.1. The molecule has 5 N–H and O–H groups in total. The monoisotopic (exact) mass is 787 g/mol. The number of rotatable bonds is 7. The number of likely N-dealkylation sites (N-methyl/N-ethyl adjacent to an activating group) is 1. The molecule has 0 aromatic heterocycles. The second-order valence-electron chi connectivity index (χ2n) is 19.0. The average Bonchev–Trinajstić information content (AvgIpc) is 3.10. The smallest absolute Gasteiger partial charge is 0.136 e. The predicted octanol–water partition coefficient (Wildman–Crippen LogP) is 6.71.